The molecule has 0 heterocycles. The van der Waals surface area contributed by atoms with Crippen molar-refractivity contribution in [3.63, 3.8) is 0 Å². The summed E-state index contributed by atoms with van der Waals surface area (Å²) in [6.45, 7) is 8.66. The lowest BCUT2D eigenvalue weighted by Gasteiger charge is -2.23. The Hall–Kier alpha value is -1.02. The highest BCUT2D eigenvalue weighted by molar-refractivity contribution is 5.47. The third-order valence-electron chi connectivity index (χ3n) is 2.95. The van der Waals surface area contributed by atoms with Crippen LogP contribution in [0.5, 0.6) is 0 Å². The molecule has 0 aliphatic carbocycles. The molecule has 0 aliphatic heterocycles. The van der Waals surface area contributed by atoms with Crippen molar-refractivity contribution in [3.05, 3.63) is 29.8 Å². The number of benzene rings is 1. The number of anilines is 1. The van der Waals surface area contributed by atoms with Crippen molar-refractivity contribution in [2.75, 3.05) is 18.0 Å². The van der Waals surface area contributed by atoms with Crippen molar-refractivity contribution in [1.29, 1.82) is 0 Å². The summed E-state index contributed by atoms with van der Waals surface area (Å²) in [5.74, 6) is 0. The highest BCUT2D eigenvalue weighted by Gasteiger charge is 2.04. The molecule has 1 aromatic carbocycles. The molecule has 0 unspecified atom stereocenters. The molecular formula is C14H24N2. The first kappa shape index (κ1) is 13.0. The second kappa shape index (κ2) is 6.54. The summed E-state index contributed by atoms with van der Waals surface area (Å²) < 4.78 is 0. The van der Waals surface area contributed by atoms with Crippen LogP contribution in [0.3, 0.4) is 0 Å². The third-order valence-corrected chi connectivity index (χ3v) is 2.95. The Bertz CT molecular complexity index is 290. The van der Waals surface area contributed by atoms with Crippen molar-refractivity contribution >= 4 is 5.69 Å². The maximum atomic E-state index is 5.84. The minimum absolute atomic E-state index is 0.125. The molecule has 1 aromatic rings. The van der Waals surface area contributed by atoms with E-state index < -0.39 is 0 Å². The molecule has 0 bridgehead atoms. The van der Waals surface area contributed by atoms with Gasteiger partial charge in [0.15, 0.2) is 0 Å². The summed E-state index contributed by atoms with van der Waals surface area (Å²) in [6, 6.07) is 8.75. The summed E-state index contributed by atoms with van der Waals surface area (Å²) in [6.07, 6.45) is 2.50. The predicted molar refractivity (Wildman–Crippen MR) is 71.8 cm³/mol. The Balaban J connectivity index is 2.70. The fraction of sp³-hybridized carbons (Fsp3) is 0.571. The molecule has 0 spiro atoms. The lowest BCUT2D eigenvalue weighted by Crippen LogP contribution is -2.23. The first-order valence-electron chi connectivity index (χ1n) is 6.29. The van der Waals surface area contributed by atoms with E-state index in [9.17, 15) is 0 Å². The maximum Gasteiger partial charge on any atom is 0.0366 e. The van der Waals surface area contributed by atoms with Gasteiger partial charge in [-0.25, -0.2) is 0 Å². The first-order valence-corrected chi connectivity index (χ1v) is 6.29. The van der Waals surface area contributed by atoms with Gasteiger partial charge < -0.3 is 10.6 Å². The molecule has 0 aromatic heterocycles. The van der Waals surface area contributed by atoms with E-state index in [-0.39, 0.29) is 6.04 Å². The first-order chi connectivity index (χ1) is 7.69. The van der Waals surface area contributed by atoms with Crippen molar-refractivity contribution in [2.45, 2.75) is 39.7 Å². The largest absolute Gasteiger partial charge is 0.372 e. The molecule has 0 saturated carbocycles. The molecule has 1 rings (SSSR count). The second-order valence-electron chi connectivity index (χ2n) is 4.31. The van der Waals surface area contributed by atoms with E-state index in [1.165, 1.54) is 24.1 Å². The van der Waals surface area contributed by atoms with Crippen LogP contribution in [-0.2, 0) is 0 Å². The highest BCUT2D eigenvalue weighted by atomic mass is 15.1. The summed E-state index contributed by atoms with van der Waals surface area (Å²) in [7, 11) is 0. The topological polar surface area (TPSA) is 29.3 Å². The Kier molecular flexibility index (Phi) is 5.33. The molecule has 2 N–H and O–H groups in total. The minimum atomic E-state index is 0.125. The number of rotatable bonds is 6. The van der Waals surface area contributed by atoms with E-state index in [0.717, 1.165) is 13.1 Å². The summed E-state index contributed by atoms with van der Waals surface area (Å²) >= 11 is 0. The van der Waals surface area contributed by atoms with E-state index in [2.05, 4.69) is 43.0 Å². The van der Waals surface area contributed by atoms with Gasteiger partial charge in [-0.3, -0.25) is 0 Å². The zero-order valence-corrected chi connectivity index (χ0v) is 10.7. The number of hydrogen-bond donors (Lipinski definition) is 1. The van der Waals surface area contributed by atoms with Gasteiger partial charge >= 0.3 is 0 Å². The molecule has 0 saturated heterocycles. The van der Waals surface area contributed by atoms with E-state index in [1.807, 2.05) is 6.92 Å². The fourth-order valence-electron chi connectivity index (χ4n) is 1.81. The van der Waals surface area contributed by atoms with Crippen LogP contribution in [0.1, 0.15) is 45.2 Å². The molecule has 1 atom stereocenters. The molecule has 2 heteroatoms. The monoisotopic (exact) mass is 220 g/mol. The summed E-state index contributed by atoms with van der Waals surface area (Å²) in [5, 5.41) is 0. The van der Waals surface area contributed by atoms with Gasteiger partial charge in [-0.15, -0.1) is 0 Å². The van der Waals surface area contributed by atoms with Crippen LogP contribution in [0.2, 0.25) is 0 Å². The molecule has 0 aliphatic rings. The van der Waals surface area contributed by atoms with Crippen LogP contribution in [-0.4, -0.2) is 13.1 Å². The SMILES string of the molecule is CCCCN(CC)c1ccc([C@@H](C)N)cc1. The van der Waals surface area contributed by atoms with Crippen molar-refractivity contribution in [3.8, 4) is 0 Å². The van der Waals surface area contributed by atoms with Gasteiger partial charge in [0.1, 0.15) is 0 Å². The van der Waals surface area contributed by atoms with Crippen molar-refractivity contribution in [2.24, 2.45) is 5.73 Å². The smallest absolute Gasteiger partial charge is 0.0366 e. The predicted octanol–water partition coefficient (Wildman–Crippen LogP) is 3.33. The number of unbranched alkanes of at least 4 members (excludes halogenated alkanes) is 1. The van der Waals surface area contributed by atoms with Gasteiger partial charge in [0.2, 0.25) is 0 Å². The van der Waals surface area contributed by atoms with Crippen LogP contribution in [0.25, 0.3) is 0 Å². The quantitative estimate of drug-likeness (QED) is 0.796. The average molecular weight is 220 g/mol. The van der Waals surface area contributed by atoms with Gasteiger partial charge in [0.25, 0.3) is 0 Å². The molecule has 90 valence electrons. The Morgan fingerprint density at radius 3 is 2.25 bits per heavy atom. The molecule has 0 amide bonds. The maximum absolute atomic E-state index is 5.84. The molecule has 2 nitrogen and oxygen atoms in total. The van der Waals surface area contributed by atoms with Crippen LogP contribution >= 0.6 is 0 Å². The molecule has 0 fully saturated rings. The zero-order valence-electron chi connectivity index (χ0n) is 10.7. The number of hydrogen-bond acceptors (Lipinski definition) is 2. The van der Waals surface area contributed by atoms with Crippen LogP contribution in [0.4, 0.5) is 5.69 Å². The van der Waals surface area contributed by atoms with Gasteiger partial charge in [0.05, 0.1) is 0 Å². The lowest BCUT2D eigenvalue weighted by molar-refractivity contribution is 0.731. The van der Waals surface area contributed by atoms with E-state index in [1.54, 1.807) is 0 Å². The zero-order chi connectivity index (χ0) is 12.0. The molecular weight excluding hydrogens is 196 g/mol. The van der Waals surface area contributed by atoms with Crippen LogP contribution < -0.4 is 10.6 Å². The lowest BCUT2D eigenvalue weighted by atomic mass is 10.1. The Morgan fingerprint density at radius 1 is 1.19 bits per heavy atom. The van der Waals surface area contributed by atoms with Gasteiger partial charge in [-0.2, -0.15) is 0 Å². The van der Waals surface area contributed by atoms with Crippen LogP contribution in [0, 0.1) is 0 Å². The number of nitrogens with zero attached hydrogens (tertiary/aromatic N) is 1. The highest BCUT2D eigenvalue weighted by Crippen LogP contribution is 2.18. The fourth-order valence-corrected chi connectivity index (χ4v) is 1.81. The molecule has 16 heavy (non-hydrogen) atoms. The van der Waals surface area contributed by atoms with E-state index >= 15 is 0 Å². The van der Waals surface area contributed by atoms with Gasteiger partial charge in [0, 0.05) is 24.8 Å². The summed E-state index contributed by atoms with van der Waals surface area (Å²) in [4.78, 5) is 2.41. The third kappa shape index (κ3) is 3.53. The van der Waals surface area contributed by atoms with Crippen molar-refractivity contribution in [1.82, 2.24) is 0 Å². The normalized spacial score (nSPS) is 12.5. The second-order valence-corrected chi connectivity index (χ2v) is 4.31. The van der Waals surface area contributed by atoms with Crippen LogP contribution in [0.15, 0.2) is 24.3 Å². The van der Waals surface area contributed by atoms with Crippen molar-refractivity contribution < 1.29 is 0 Å². The Morgan fingerprint density at radius 2 is 1.81 bits per heavy atom. The minimum Gasteiger partial charge on any atom is -0.372 e. The van der Waals surface area contributed by atoms with E-state index in [0.29, 0.717) is 0 Å². The van der Waals surface area contributed by atoms with Gasteiger partial charge in [-0.1, -0.05) is 25.5 Å². The number of nitrogens with two attached hydrogens (primary N) is 1. The molecule has 0 radical (unpaired) electrons. The standard InChI is InChI=1S/C14H24N2/c1-4-6-11-16(5-2)14-9-7-13(8-10-14)12(3)15/h7-10,12H,4-6,11,15H2,1-3H3/t12-/m1/s1. The Labute approximate surface area is 99.5 Å². The van der Waals surface area contributed by atoms with E-state index in [4.69, 9.17) is 5.73 Å². The average Bonchev–Trinajstić information content (AvgIpc) is 2.30. The summed E-state index contributed by atoms with van der Waals surface area (Å²) in [5.41, 5.74) is 8.35. The van der Waals surface area contributed by atoms with Gasteiger partial charge in [-0.05, 0) is 38.0 Å².